The molecule has 1 aliphatic heterocycles. The summed E-state index contributed by atoms with van der Waals surface area (Å²) >= 11 is 8.64. The molecule has 1 aliphatic rings. The molecular formula is C12H15ClN2O2S2. The van der Waals surface area contributed by atoms with E-state index in [4.69, 9.17) is 11.6 Å². The summed E-state index contributed by atoms with van der Waals surface area (Å²) < 4.78 is 0.718. The van der Waals surface area contributed by atoms with Crippen LogP contribution in [0, 0.1) is 0 Å². The van der Waals surface area contributed by atoms with Crippen LogP contribution in [0.25, 0.3) is 0 Å². The summed E-state index contributed by atoms with van der Waals surface area (Å²) in [5, 5.41) is 2.99. The van der Waals surface area contributed by atoms with Gasteiger partial charge in [0.25, 0.3) is 5.24 Å². The maximum absolute atomic E-state index is 11.8. The fraction of sp³-hybridized carbons (Fsp3) is 0.500. The molecule has 2 rings (SSSR count). The molecule has 0 spiro atoms. The van der Waals surface area contributed by atoms with Gasteiger partial charge in [0, 0.05) is 30.1 Å². The summed E-state index contributed by atoms with van der Waals surface area (Å²) in [6.07, 6.45) is 0.343. The molecule has 0 radical (unpaired) electrons. The summed E-state index contributed by atoms with van der Waals surface area (Å²) in [4.78, 5) is 25.9. The molecule has 4 nitrogen and oxygen atoms in total. The lowest BCUT2D eigenvalue weighted by atomic mass is 10.2. The van der Waals surface area contributed by atoms with Crippen molar-refractivity contribution in [3.8, 4) is 0 Å². The van der Waals surface area contributed by atoms with Crippen LogP contribution >= 0.6 is 34.7 Å². The predicted molar refractivity (Wildman–Crippen MR) is 79.9 cm³/mol. The van der Waals surface area contributed by atoms with E-state index in [0.717, 1.165) is 21.5 Å². The van der Waals surface area contributed by atoms with Crippen LogP contribution in [0.1, 0.15) is 24.3 Å². The summed E-state index contributed by atoms with van der Waals surface area (Å²) in [5.41, 5.74) is 0. The molecule has 0 aliphatic carbocycles. The highest BCUT2D eigenvalue weighted by Gasteiger charge is 2.21. The largest absolute Gasteiger partial charge is 0.349 e. The third-order valence-corrected chi connectivity index (χ3v) is 5.16. The third-order valence-electron chi connectivity index (χ3n) is 2.85. The minimum atomic E-state index is -0.0475. The van der Waals surface area contributed by atoms with Crippen LogP contribution in [0.4, 0.5) is 4.79 Å². The predicted octanol–water partition coefficient (Wildman–Crippen LogP) is 3.14. The van der Waals surface area contributed by atoms with Crippen LogP contribution < -0.4 is 5.32 Å². The molecule has 1 fully saturated rings. The topological polar surface area (TPSA) is 49.4 Å². The Morgan fingerprint density at radius 3 is 2.95 bits per heavy atom. The Morgan fingerprint density at radius 1 is 1.58 bits per heavy atom. The molecule has 1 saturated heterocycles. The van der Waals surface area contributed by atoms with Crippen molar-refractivity contribution in [3.05, 3.63) is 21.3 Å². The van der Waals surface area contributed by atoms with Crippen LogP contribution in [0.2, 0.25) is 4.34 Å². The van der Waals surface area contributed by atoms with Gasteiger partial charge < -0.3 is 10.2 Å². The minimum Gasteiger partial charge on any atom is -0.349 e. The third kappa shape index (κ3) is 4.12. The Balaban J connectivity index is 1.76. The first kappa shape index (κ1) is 14.7. The van der Waals surface area contributed by atoms with Gasteiger partial charge in [-0.1, -0.05) is 23.4 Å². The lowest BCUT2D eigenvalue weighted by Crippen LogP contribution is -2.32. The molecule has 1 aromatic rings. The Labute approximate surface area is 125 Å². The first-order valence-electron chi connectivity index (χ1n) is 6.02. The number of hydrogen-bond donors (Lipinski definition) is 1. The van der Waals surface area contributed by atoms with Gasteiger partial charge >= 0.3 is 0 Å². The van der Waals surface area contributed by atoms with Gasteiger partial charge in [-0.05, 0) is 19.1 Å². The van der Waals surface area contributed by atoms with Crippen LogP contribution in [-0.4, -0.2) is 34.9 Å². The number of thioether (sulfide) groups is 1. The molecule has 2 heterocycles. The average molecular weight is 319 g/mol. The van der Waals surface area contributed by atoms with Crippen molar-refractivity contribution in [1.29, 1.82) is 0 Å². The minimum absolute atomic E-state index is 0.0401. The quantitative estimate of drug-likeness (QED) is 0.907. The van der Waals surface area contributed by atoms with Crippen molar-refractivity contribution < 1.29 is 9.59 Å². The van der Waals surface area contributed by atoms with E-state index in [1.807, 2.05) is 19.1 Å². The lowest BCUT2D eigenvalue weighted by molar-refractivity contribution is -0.121. The Bertz CT molecular complexity index is 478. The van der Waals surface area contributed by atoms with Gasteiger partial charge in [-0.15, -0.1) is 11.3 Å². The number of carbonyl (C=O) groups is 2. The van der Waals surface area contributed by atoms with Gasteiger partial charge in [0.2, 0.25) is 5.91 Å². The van der Waals surface area contributed by atoms with Gasteiger partial charge in [0.1, 0.15) is 0 Å². The standard InChI is InChI=1S/C12H15ClN2O2S2/c1-8(9-2-3-10(13)19-9)14-11(16)4-5-15-6-7-18-12(15)17/h2-3,8H,4-7H2,1H3,(H,14,16). The van der Waals surface area contributed by atoms with Crippen molar-refractivity contribution in [2.24, 2.45) is 0 Å². The molecule has 1 aromatic heterocycles. The van der Waals surface area contributed by atoms with Crippen LogP contribution in [-0.2, 0) is 4.79 Å². The highest BCUT2D eigenvalue weighted by atomic mass is 35.5. The molecule has 7 heteroatoms. The number of nitrogens with zero attached hydrogens (tertiary/aromatic N) is 1. The fourth-order valence-electron chi connectivity index (χ4n) is 1.81. The smallest absolute Gasteiger partial charge is 0.281 e. The molecule has 1 unspecified atom stereocenters. The van der Waals surface area contributed by atoms with E-state index >= 15 is 0 Å². The van der Waals surface area contributed by atoms with E-state index < -0.39 is 0 Å². The van der Waals surface area contributed by atoms with E-state index in [2.05, 4.69) is 5.32 Å². The summed E-state index contributed by atoms with van der Waals surface area (Å²) in [7, 11) is 0. The first-order chi connectivity index (χ1) is 9.06. The Hall–Kier alpha value is -0.720. The molecule has 1 N–H and O–H groups in total. The normalized spacial score (nSPS) is 16.7. The van der Waals surface area contributed by atoms with E-state index in [0.29, 0.717) is 13.0 Å². The monoisotopic (exact) mass is 318 g/mol. The van der Waals surface area contributed by atoms with Crippen molar-refractivity contribution in [2.45, 2.75) is 19.4 Å². The zero-order chi connectivity index (χ0) is 13.8. The van der Waals surface area contributed by atoms with Crippen molar-refractivity contribution in [3.63, 3.8) is 0 Å². The fourth-order valence-corrected chi connectivity index (χ4v) is 3.73. The van der Waals surface area contributed by atoms with Gasteiger partial charge in [-0.25, -0.2) is 0 Å². The zero-order valence-corrected chi connectivity index (χ0v) is 12.9. The van der Waals surface area contributed by atoms with E-state index in [1.165, 1.54) is 23.1 Å². The lowest BCUT2D eigenvalue weighted by Gasteiger charge is -2.16. The number of hydrogen-bond acceptors (Lipinski definition) is 4. The van der Waals surface area contributed by atoms with Crippen molar-refractivity contribution >= 4 is 45.8 Å². The highest BCUT2D eigenvalue weighted by Crippen LogP contribution is 2.26. The summed E-state index contributed by atoms with van der Waals surface area (Å²) in [6, 6.07) is 3.69. The van der Waals surface area contributed by atoms with E-state index in [1.54, 1.807) is 4.90 Å². The van der Waals surface area contributed by atoms with Crippen LogP contribution in [0.3, 0.4) is 0 Å². The van der Waals surface area contributed by atoms with Crippen LogP contribution in [0.15, 0.2) is 12.1 Å². The van der Waals surface area contributed by atoms with E-state index in [-0.39, 0.29) is 17.2 Å². The number of carbonyl (C=O) groups excluding carboxylic acids is 2. The second-order valence-electron chi connectivity index (χ2n) is 4.28. The zero-order valence-electron chi connectivity index (χ0n) is 10.5. The molecule has 19 heavy (non-hydrogen) atoms. The summed E-state index contributed by atoms with van der Waals surface area (Å²) in [5.74, 6) is 0.784. The molecule has 0 aromatic carbocycles. The second-order valence-corrected chi connectivity index (χ2v) is 7.08. The maximum atomic E-state index is 11.8. The Morgan fingerprint density at radius 2 is 2.37 bits per heavy atom. The molecule has 1 atom stereocenters. The average Bonchev–Trinajstić information content (AvgIpc) is 2.95. The van der Waals surface area contributed by atoms with Gasteiger partial charge in [0.05, 0.1) is 10.4 Å². The van der Waals surface area contributed by atoms with Gasteiger partial charge in [0.15, 0.2) is 0 Å². The molecule has 0 saturated carbocycles. The molecule has 0 bridgehead atoms. The maximum Gasteiger partial charge on any atom is 0.281 e. The number of halogens is 1. The van der Waals surface area contributed by atoms with Crippen molar-refractivity contribution in [1.82, 2.24) is 10.2 Å². The molecule has 104 valence electrons. The first-order valence-corrected chi connectivity index (χ1v) is 8.20. The van der Waals surface area contributed by atoms with E-state index in [9.17, 15) is 9.59 Å². The van der Waals surface area contributed by atoms with Gasteiger partial charge in [-0.2, -0.15) is 0 Å². The molecule has 2 amide bonds. The highest BCUT2D eigenvalue weighted by molar-refractivity contribution is 8.13. The van der Waals surface area contributed by atoms with Gasteiger partial charge in [-0.3, -0.25) is 9.59 Å². The number of nitrogens with one attached hydrogen (secondary N) is 1. The van der Waals surface area contributed by atoms with Crippen molar-refractivity contribution in [2.75, 3.05) is 18.8 Å². The van der Waals surface area contributed by atoms with Crippen LogP contribution in [0.5, 0.6) is 0 Å². The number of thiophene rings is 1. The SMILES string of the molecule is CC(NC(=O)CCN1CCSC1=O)c1ccc(Cl)s1. The number of amides is 2. The molecular weight excluding hydrogens is 304 g/mol. The summed E-state index contributed by atoms with van der Waals surface area (Å²) in [6.45, 7) is 3.17. The Kier molecular flexibility index (Phi) is 5.13. The second kappa shape index (κ2) is 6.63. The number of rotatable bonds is 5.